The summed E-state index contributed by atoms with van der Waals surface area (Å²) in [7, 11) is 0. The normalized spacial score (nSPS) is 12.4. The van der Waals surface area contributed by atoms with E-state index in [9.17, 15) is 5.11 Å². The van der Waals surface area contributed by atoms with Crippen molar-refractivity contribution in [3.63, 3.8) is 0 Å². The molecule has 0 fully saturated rings. The van der Waals surface area contributed by atoms with E-state index in [4.69, 9.17) is 23.2 Å². The number of pyridine rings is 1. The monoisotopic (exact) mass is 281 g/mol. The highest BCUT2D eigenvalue weighted by molar-refractivity contribution is 6.35. The van der Waals surface area contributed by atoms with Crippen LogP contribution >= 0.6 is 23.2 Å². The molecular formula is C14H13Cl2NO. The standard InChI is InChI=1S/C14H13Cl2NO/c15-13-4-1-5-14(16)12(13)8-11(18)7-10-3-2-6-17-9-10/h1-6,9,11,18H,7-8H2. The average Bonchev–Trinajstić information content (AvgIpc) is 2.35. The zero-order valence-corrected chi connectivity index (χ0v) is 11.2. The molecule has 1 heterocycles. The van der Waals surface area contributed by atoms with Crippen molar-refractivity contribution in [1.29, 1.82) is 0 Å². The molecule has 0 saturated carbocycles. The number of rotatable bonds is 4. The second-order valence-corrected chi connectivity index (χ2v) is 4.94. The van der Waals surface area contributed by atoms with Crippen LogP contribution in [0.1, 0.15) is 11.1 Å². The second kappa shape index (κ2) is 6.19. The van der Waals surface area contributed by atoms with Gasteiger partial charge in [0.05, 0.1) is 6.10 Å². The number of halogens is 2. The molecule has 18 heavy (non-hydrogen) atoms. The van der Waals surface area contributed by atoms with Crippen LogP contribution in [0.5, 0.6) is 0 Å². The van der Waals surface area contributed by atoms with E-state index in [0.717, 1.165) is 11.1 Å². The summed E-state index contributed by atoms with van der Waals surface area (Å²) in [6.45, 7) is 0. The van der Waals surface area contributed by atoms with E-state index in [1.807, 2.05) is 12.1 Å². The highest BCUT2D eigenvalue weighted by Crippen LogP contribution is 2.26. The molecule has 0 aliphatic heterocycles. The maximum absolute atomic E-state index is 10.1. The molecule has 2 rings (SSSR count). The molecule has 0 amide bonds. The molecular weight excluding hydrogens is 269 g/mol. The van der Waals surface area contributed by atoms with E-state index < -0.39 is 6.10 Å². The first kappa shape index (κ1) is 13.3. The van der Waals surface area contributed by atoms with Crippen LogP contribution in [0.15, 0.2) is 42.7 Å². The Morgan fingerprint density at radius 2 is 1.78 bits per heavy atom. The first-order valence-electron chi connectivity index (χ1n) is 5.66. The van der Waals surface area contributed by atoms with Gasteiger partial charge in [-0.3, -0.25) is 4.98 Å². The highest BCUT2D eigenvalue weighted by Gasteiger charge is 2.12. The lowest BCUT2D eigenvalue weighted by Crippen LogP contribution is -2.14. The maximum atomic E-state index is 10.1. The first-order chi connectivity index (χ1) is 8.66. The van der Waals surface area contributed by atoms with E-state index >= 15 is 0 Å². The minimum absolute atomic E-state index is 0.438. The van der Waals surface area contributed by atoms with E-state index in [0.29, 0.717) is 22.9 Å². The lowest BCUT2D eigenvalue weighted by atomic mass is 10.0. The molecule has 1 aromatic heterocycles. The van der Waals surface area contributed by atoms with Crippen molar-refractivity contribution in [2.24, 2.45) is 0 Å². The first-order valence-corrected chi connectivity index (χ1v) is 6.42. The third kappa shape index (κ3) is 3.45. The van der Waals surface area contributed by atoms with Gasteiger partial charge in [-0.25, -0.2) is 0 Å². The molecule has 0 bridgehead atoms. The highest BCUT2D eigenvalue weighted by atomic mass is 35.5. The average molecular weight is 282 g/mol. The van der Waals surface area contributed by atoms with Gasteiger partial charge < -0.3 is 5.11 Å². The number of hydrogen-bond donors (Lipinski definition) is 1. The van der Waals surface area contributed by atoms with Crippen molar-refractivity contribution in [3.05, 3.63) is 63.9 Å². The SMILES string of the molecule is OC(Cc1cccnc1)Cc1c(Cl)cccc1Cl. The molecule has 1 unspecified atom stereocenters. The van der Waals surface area contributed by atoms with Crippen LogP contribution in [0, 0.1) is 0 Å². The number of aliphatic hydroxyl groups is 1. The lowest BCUT2D eigenvalue weighted by molar-refractivity contribution is 0.175. The third-order valence-corrected chi connectivity index (χ3v) is 3.40. The van der Waals surface area contributed by atoms with Crippen molar-refractivity contribution in [2.75, 3.05) is 0 Å². The van der Waals surface area contributed by atoms with Gasteiger partial charge in [-0.1, -0.05) is 35.3 Å². The fourth-order valence-electron chi connectivity index (χ4n) is 1.83. The number of aliphatic hydroxyl groups excluding tert-OH is 1. The van der Waals surface area contributed by atoms with Gasteiger partial charge >= 0.3 is 0 Å². The van der Waals surface area contributed by atoms with Crippen LogP contribution in [0.3, 0.4) is 0 Å². The van der Waals surface area contributed by atoms with Crippen molar-refractivity contribution in [1.82, 2.24) is 4.98 Å². The Labute approximate surface area is 116 Å². The van der Waals surface area contributed by atoms with Crippen molar-refractivity contribution < 1.29 is 5.11 Å². The summed E-state index contributed by atoms with van der Waals surface area (Å²) in [6.07, 6.45) is 3.91. The number of aromatic nitrogens is 1. The molecule has 0 aliphatic rings. The minimum Gasteiger partial charge on any atom is -0.392 e. The van der Waals surface area contributed by atoms with Gasteiger partial charge in [0.15, 0.2) is 0 Å². The van der Waals surface area contributed by atoms with Gasteiger partial charge in [-0.15, -0.1) is 0 Å². The number of hydrogen-bond acceptors (Lipinski definition) is 2. The Balaban J connectivity index is 2.06. The fraction of sp³-hybridized carbons (Fsp3) is 0.214. The van der Waals surface area contributed by atoms with Crippen LogP contribution in [0.4, 0.5) is 0 Å². The summed E-state index contributed by atoms with van der Waals surface area (Å²) < 4.78 is 0. The lowest BCUT2D eigenvalue weighted by Gasteiger charge is -2.13. The molecule has 2 nitrogen and oxygen atoms in total. The molecule has 0 radical (unpaired) electrons. The Kier molecular flexibility index (Phi) is 4.59. The molecule has 0 saturated heterocycles. The largest absolute Gasteiger partial charge is 0.392 e. The third-order valence-electron chi connectivity index (χ3n) is 2.70. The van der Waals surface area contributed by atoms with E-state index in [1.54, 1.807) is 30.6 Å². The van der Waals surface area contributed by atoms with Crippen molar-refractivity contribution in [2.45, 2.75) is 18.9 Å². The second-order valence-electron chi connectivity index (χ2n) is 4.12. The van der Waals surface area contributed by atoms with Gasteiger partial charge in [0, 0.05) is 35.3 Å². The van der Waals surface area contributed by atoms with E-state index in [1.165, 1.54) is 0 Å². The molecule has 2 aromatic rings. The zero-order valence-electron chi connectivity index (χ0n) is 9.68. The van der Waals surface area contributed by atoms with Gasteiger partial charge in [-0.05, 0) is 29.3 Å². The van der Waals surface area contributed by atoms with Crippen LogP contribution < -0.4 is 0 Å². The summed E-state index contributed by atoms with van der Waals surface area (Å²) in [5.74, 6) is 0. The smallest absolute Gasteiger partial charge is 0.0622 e. The molecule has 1 aromatic carbocycles. The predicted molar refractivity (Wildman–Crippen MR) is 74.1 cm³/mol. The van der Waals surface area contributed by atoms with Gasteiger partial charge in [0.25, 0.3) is 0 Å². The summed E-state index contributed by atoms with van der Waals surface area (Å²) in [5.41, 5.74) is 1.78. The van der Waals surface area contributed by atoms with E-state index in [-0.39, 0.29) is 0 Å². The minimum atomic E-state index is -0.522. The van der Waals surface area contributed by atoms with Crippen molar-refractivity contribution in [3.8, 4) is 0 Å². The Hall–Kier alpha value is -1.09. The molecule has 1 N–H and O–H groups in total. The Morgan fingerprint density at radius 3 is 2.39 bits per heavy atom. The van der Waals surface area contributed by atoms with Gasteiger partial charge in [0.2, 0.25) is 0 Å². The summed E-state index contributed by atoms with van der Waals surface area (Å²) in [6, 6.07) is 9.13. The number of benzene rings is 1. The summed E-state index contributed by atoms with van der Waals surface area (Å²) >= 11 is 12.1. The van der Waals surface area contributed by atoms with E-state index in [2.05, 4.69) is 4.98 Å². The predicted octanol–water partition coefficient (Wildman–Crippen LogP) is 3.53. The molecule has 94 valence electrons. The molecule has 1 atom stereocenters. The van der Waals surface area contributed by atoms with Gasteiger partial charge in [-0.2, -0.15) is 0 Å². The summed E-state index contributed by atoms with van der Waals surface area (Å²) in [5, 5.41) is 11.2. The van der Waals surface area contributed by atoms with Crippen LogP contribution in [0.25, 0.3) is 0 Å². The Bertz CT molecular complexity index is 496. The molecule has 0 spiro atoms. The van der Waals surface area contributed by atoms with Crippen LogP contribution in [-0.4, -0.2) is 16.2 Å². The van der Waals surface area contributed by atoms with Crippen LogP contribution in [0.2, 0.25) is 10.0 Å². The topological polar surface area (TPSA) is 33.1 Å². The van der Waals surface area contributed by atoms with Gasteiger partial charge in [0.1, 0.15) is 0 Å². The maximum Gasteiger partial charge on any atom is 0.0622 e. The fourth-order valence-corrected chi connectivity index (χ4v) is 2.38. The zero-order chi connectivity index (χ0) is 13.0. The van der Waals surface area contributed by atoms with Crippen LogP contribution in [-0.2, 0) is 12.8 Å². The summed E-state index contributed by atoms with van der Waals surface area (Å²) in [4.78, 5) is 4.02. The Morgan fingerprint density at radius 1 is 1.06 bits per heavy atom. The molecule has 4 heteroatoms. The molecule has 0 aliphatic carbocycles. The van der Waals surface area contributed by atoms with Crippen molar-refractivity contribution >= 4 is 23.2 Å². The number of nitrogens with zero attached hydrogens (tertiary/aromatic N) is 1. The quantitative estimate of drug-likeness (QED) is 0.930.